The highest BCUT2D eigenvalue weighted by Gasteiger charge is 2.27. The lowest BCUT2D eigenvalue weighted by Gasteiger charge is -2.25. The predicted molar refractivity (Wildman–Crippen MR) is 117 cm³/mol. The number of carbonyl (C=O) groups is 1. The van der Waals surface area contributed by atoms with E-state index in [0.717, 1.165) is 6.20 Å². The SMILES string of the molecule is COc1c(Cc2cccc(Cl)c2F)cc2c(=O)c(C(=O)O)c[nH]c2c1C(CO)C(C)C. The van der Waals surface area contributed by atoms with Crippen LogP contribution in [-0.2, 0) is 6.42 Å². The maximum Gasteiger partial charge on any atom is 0.341 e. The molecule has 3 N–H and O–H groups in total. The van der Waals surface area contributed by atoms with Crippen molar-refractivity contribution in [2.24, 2.45) is 5.92 Å². The van der Waals surface area contributed by atoms with Gasteiger partial charge in [0.05, 0.1) is 24.3 Å². The van der Waals surface area contributed by atoms with E-state index in [0.29, 0.717) is 28.0 Å². The second kappa shape index (κ2) is 9.08. The van der Waals surface area contributed by atoms with Crippen molar-refractivity contribution in [1.82, 2.24) is 4.98 Å². The van der Waals surface area contributed by atoms with Crippen LogP contribution < -0.4 is 10.2 Å². The van der Waals surface area contributed by atoms with E-state index in [4.69, 9.17) is 16.3 Å². The summed E-state index contributed by atoms with van der Waals surface area (Å²) in [5.74, 6) is -1.97. The van der Waals surface area contributed by atoms with Crippen LogP contribution in [0.15, 0.2) is 35.3 Å². The van der Waals surface area contributed by atoms with E-state index < -0.39 is 28.7 Å². The molecule has 0 aliphatic carbocycles. The molecule has 31 heavy (non-hydrogen) atoms. The van der Waals surface area contributed by atoms with E-state index in [1.165, 1.54) is 19.2 Å². The number of hydrogen-bond donors (Lipinski definition) is 3. The first-order chi connectivity index (χ1) is 14.7. The predicted octanol–water partition coefficient (Wildman–Crippen LogP) is 4.35. The third-order valence-electron chi connectivity index (χ3n) is 5.46. The Morgan fingerprint density at radius 3 is 2.58 bits per heavy atom. The number of rotatable bonds is 7. The molecule has 1 unspecified atom stereocenters. The van der Waals surface area contributed by atoms with Crippen LogP contribution in [0, 0.1) is 11.7 Å². The van der Waals surface area contributed by atoms with Gasteiger partial charge in [-0.25, -0.2) is 9.18 Å². The zero-order chi connectivity index (χ0) is 22.9. The Balaban J connectivity index is 2.40. The minimum atomic E-state index is -1.36. The third kappa shape index (κ3) is 4.16. The van der Waals surface area contributed by atoms with E-state index in [9.17, 15) is 24.2 Å². The van der Waals surface area contributed by atoms with Crippen molar-refractivity contribution in [3.05, 3.63) is 73.8 Å². The summed E-state index contributed by atoms with van der Waals surface area (Å²) in [5, 5.41) is 19.5. The lowest BCUT2D eigenvalue weighted by molar-refractivity contribution is 0.0695. The monoisotopic (exact) mass is 447 g/mol. The molecule has 0 radical (unpaired) electrons. The summed E-state index contributed by atoms with van der Waals surface area (Å²) >= 11 is 5.92. The molecule has 0 amide bonds. The van der Waals surface area contributed by atoms with Gasteiger partial charge in [0.2, 0.25) is 5.43 Å². The molecular weight excluding hydrogens is 425 g/mol. The number of hydrogen-bond acceptors (Lipinski definition) is 4. The number of nitrogens with one attached hydrogen (secondary N) is 1. The molecule has 0 spiro atoms. The minimum Gasteiger partial charge on any atom is -0.496 e. The molecule has 6 nitrogen and oxygen atoms in total. The number of aromatic amines is 1. The van der Waals surface area contributed by atoms with E-state index in [-0.39, 0.29) is 29.4 Å². The van der Waals surface area contributed by atoms with Crippen molar-refractivity contribution in [2.45, 2.75) is 26.2 Å². The summed E-state index contributed by atoms with van der Waals surface area (Å²) in [5.41, 5.74) is 0.635. The molecule has 3 aromatic rings. The first-order valence-electron chi connectivity index (χ1n) is 9.73. The Kier molecular flexibility index (Phi) is 6.67. The van der Waals surface area contributed by atoms with Crippen LogP contribution in [-0.4, -0.2) is 34.9 Å². The van der Waals surface area contributed by atoms with Crippen LogP contribution in [0.5, 0.6) is 5.75 Å². The number of halogens is 2. The van der Waals surface area contributed by atoms with Crippen LogP contribution in [0.2, 0.25) is 5.02 Å². The van der Waals surface area contributed by atoms with Gasteiger partial charge in [0.1, 0.15) is 17.1 Å². The van der Waals surface area contributed by atoms with Gasteiger partial charge in [0.25, 0.3) is 0 Å². The molecule has 3 rings (SSSR count). The summed E-state index contributed by atoms with van der Waals surface area (Å²) < 4.78 is 20.3. The molecule has 2 aromatic carbocycles. The summed E-state index contributed by atoms with van der Waals surface area (Å²) in [6.07, 6.45) is 1.20. The van der Waals surface area contributed by atoms with Crippen LogP contribution in [0.3, 0.4) is 0 Å². The fourth-order valence-electron chi connectivity index (χ4n) is 3.84. The smallest absolute Gasteiger partial charge is 0.341 e. The minimum absolute atomic E-state index is 0.0251. The Hall–Kier alpha value is -2.90. The maximum atomic E-state index is 14.6. The van der Waals surface area contributed by atoms with Crippen molar-refractivity contribution in [3.8, 4) is 5.75 Å². The quantitative estimate of drug-likeness (QED) is 0.500. The fraction of sp³-hybridized carbons (Fsp3) is 0.304. The Labute approximate surface area is 183 Å². The highest BCUT2D eigenvalue weighted by atomic mass is 35.5. The number of fused-ring (bicyclic) bond motifs is 1. The zero-order valence-electron chi connectivity index (χ0n) is 17.3. The molecule has 8 heteroatoms. The molecule has 0 fully saturated rings. The molecule has 0 aliphatic heterocycles. The van der Waals surface area contributed by atoms with Gasteiger partial charge in [-0.05, 0) is 29.2 Å². The van der Waals surface area contributed by atoms with Gasteiger partial charge >= 0.3 is 5.97 Å². The fourth-order valence-corrected chi connectivity index (χ4v) is 4.04. The molecule has 0 saturated heterocycles. The number of aromatic nitrogens is 1. The molecule has 164 valence electrons. The van der Waals surface area contributed by atoms with Gasteiger partial charge in [0, 0.05) is 29.5 Å². The molecule has 1 heterocycles. The van der Waals surface area contributed by atoms with E-state index in [1.54, 1.807) is 12.1 Å². The average Bonchev–Trinajstić information content (AvgIpc) is 2.72. The van der Waals surface area contributed by atoms with Gasteiger partial charge in [-0.3, -0.25) is 4.79 Å². The number of H-pyrrole nitrogens is 1. The summed E-state index contributed by atoms with van der Waals surface area (Å²) in [4.78, 5) is 27.3. The van der Waals surface area contributed by atoms with Gasteiger partial charge < -0.3 is 19.9 Å². The van der Waals surface area contributed by atoms with Crippen LogP contribution in [0.1, 0.15) is 46.8 Å². The van der Waals surface area contributed by atoms with E-state index in [1.807, 2.05) is 13.8 Å². The zero-order valence-corrected chi connectivity index (χ0v) is 18.1. The number of methoxy groups -OCH3 is 1. The molecule has 0 bridgehead atoms. The van der Waals surface area contributed by atoms with Crippen LogP contribution >= 0.6 is 11.6 Å². The summed E-state index contributed by atoms with van der Waals surface area (Å²) in [6, 6.07) is 6.15. The highest BCUT2D eigenvalue weighted by Crippen LogP contribution is 2.40. The first-order valence-corrected chi connectivity index (χ1v) is 10.1. The Bertz CT molecular complexity index is 1200. The van der Waals surface area contributed by atoms with Gasteiger partial charge in [0.15, 0.2) is 0 Å². The average molecular weight is 448 g/mol. The lowest BCUT2D eigenvalue weighted by atomic mass is 9.84. The summed E-state index contributed by atoms with van der Waals surface area (Å²) in [7, 11) is 1.46. The molecule has 1 aromatic heterocycles. The van der Waals surface area contributed by atoms with Crippen molar-refractivity contribution < 1.29 is 24.1 Å². The molecule has 0 saturated carbocycles. The number of ether oxygens (including phenoxy) is 1. The van der Waals surface area contributed by atoms with E-state index >= 15 is 0 Å². The number of aromatic carboxylic acids is 1. The number of carboxylic acids is 1. The number of aliphatic hydroxyl groups excluding tert-OH is 1. The topological polar surface area (TPSA) is 99.6 Å². The van der Waals surface area contributed by atoms with Crippen molar-refractivity contribution in [3.63, 3.8) is 0 Å². The van der Waals surface area contributed by atoms with Crippen LogP contribution in [0.25, 0.3) is 10.9 Å². The second-order valence-electron chi connectivity index (χ2n) is 7.66. The Morgan fingerprint density at radius 2 is 2.00 bits per heavy atom. The molecule has 0 aliphatic rings. The second-order valence-corrected chi connectivity index (χ2v) is 8.07. The molecular formula is C23H23ClFNO5. The Morgan fingerprint density at radius 1 is 1.29 bits per heavy atom. The normalized spacial score (nSPS) is 12.4. The highest BCUT2D eigenvalue weighted by molar-refractivity contribution is 6.30. The van der Waals surface area contributed by atoms with Gasteiger partial charge in [-0.2, -0.15) is 0 Å². The number of benzene rings is 2. The number of pyridine rings is 1. The third-order valence-corrected chi connectivity index (χ3v) is 5.75. The summed E-state index contributed by atoms with van der Waals surface area (Å²) in [6.45, 7) is 3.61. The van der Waals surface area contributed by atoms with Gasteiger partial charge in [-0.1, -0.05) is 37.6 Å². The lowest BCUT2D eigenvalue weighted by Crippen LogP contribution is -2.19. The maximum absolute atomic E-state index is 14.6. The van der Waals surface area contributed by atoms with E-state index in [2.05, 4.69) is 4.98 Å². The van der Waals surface area contributed by atoms with Crippen molar-refractivity contribution in [1.29, 1.82) is 0 Å². The largest absolute Gasteiger partial charge is 0.496 e. The standard InChI is InChI=1S/C23H23ClFNO5/c1-11(2)16(10-27)18-20-14(21(28)15(9-26-20)23(29)30)8-13(22(18)31-3)7-12-5-4-6-17(24)19(12)25/h4-6,8-9,11,16,27H,7,10H2,1-3H3,(H,26,28)(H,29,30). The molecule has 1 atom stereocenters. The van der Waals surface area contributed by atoms with Crippen molar-refractivity contribution >= 4 is 28.5 Å². The first kappa shape index (κ1) is 22.8. The van der Waals surface area contributed by atoms with Crippen molar-refractivity contribution in [2.75, 3.05) is 13.7 Å². The van der Waals surface area contributed by atoms with Crippen LogP contribution in [0.4, 0.5) is 4.39 Å². The number of aliphatic hydroxyl groups is 1. The number of carboxylic acid groups (broad SMARTS) is 1. The van der Waals surface area contributed by atoms with Gasteiger partial charge in [-0.15, -0.1) is 0 Å².